The van der Waals surface area contributed by atoms with Crippen LogP contribution in [-0.2, 0) is 15.7 Å². The maximum absolute atomic E-state index is 14.7. The molecule has 0 saturated heterocycles. The van der Waals surface area contributed by atoms with Crippen LogP contribution < -0.4 is 15.4 Å². The van der Waals surface area contributed by atoms with Crippen molar-refractivity contribution >= 4 is 28.8 Å². The van der Waals surface area contributed by atoms with Gasteiger partial charge in [0.1, 0.15) is 17.2 Å². The highest BCUT2D eigenvalue weighted by atomic mass is 19.4. The van der Waals surface area contributed by atoms with Gasteiger partial charge in [0.2, 0.25) is 5.78 Å². The van der Waals surface area contributed by atoms with E-state index in [1.54, 1.807) is 26.0 Å². The zero-order valence-electron chi connectivity index (χ0n) is 20.3. The molecule has 2 aromatic rings. The number of carbonyl (C=O) groups excluding carboxylic acids is 2. The van der Waals surface area contributed by atoms with E-state index in [0.717, 1.165) is 12.5 Å². The van der Waals surface area contributed by atoms with Crippen molar-refractivity contribution in [2.75, 3.05) is 17.2 Å². The number of alkyl halides is 3. The molecule has 6 nitrogen and oxygen atoms in total. The molecule has 2 N–H and O–H groups in total. The zero-order valence-corrected chi connectivity index (χ0v) is 20.3. The van der Waals surface area contributed by atoms with Gasteiger partial charge in [-0.25, -0.2) is 9.18 Å². The van der Waals surface area contributed by atoms with E-state index >= 15 is 0 Å². The first-order valence-corrected chi connectivity index (χ1v) is 11.8. The predicted molar refractivity (Wildman–Crippen MR) is 131 cm³/mol. The van der Waals surface area contributed by atoms with Crippen LogP contribution in [0.3, 0.4) is 0 Å². The van der Waals surface area contributed by atoms with E-state index in [2.05, 4.69) is 10.6 Å². The number of carbonyl (C=O) groups is 2. The van der Waals surface area contributed by atoms with Gasteiger partial charge in [-0.2, -0.15) is 13.2 Å². The summed E-state index contributed by atoms with van der Waals surface area (Å²) in [7, 11) is 0. The molecular weight excluding hydrogens is 492 g/mol. The van der Waals surface area contributed by atoms with Gasteiger partial charge in [-0.05, 0) is 80.7 Å². The maximum atomic E-state index is 14.7. The Kier molecular flexibility index (Phi) is 7.29. The number of hydrogen-bond acceptors (Lipinski definition) is 4. The van der Waals surface area contributed by atoms with Crippen LogP contribution in [0.1, 0.15) is 50.7 Å². The Morgan fingerprint density at radius 1 is 1.11 bits per heavy atom. The fraction of sp³-hybridized carbons (Fsp3) is 0.333. The van der Waals surface area contributed by atoms with Crippen LogP contribution in [0.5, 0.6) is 5.75 Å². The number of benzene rings is 2. The molecule has 0 spiro atoms. The van der Waals surface area contributed by atoms with Crippen LogP contribution >= 0.6 is 0 Å². The number of allylic oxidation sites excluding steroid dienone is 4. The Bertz CT molecular complexity index is 1280. The molecular formula is C27H26F4N2O4. The van der Waals surface area contributed by atoms with Crippen molar-refractivity contribution in [3.8, 4) is 5.75 Å². The van der Waals surface area contributed by atoms with Crippen molar-refractivity contribution in [2.24, 2.45) is 0 Å². The SMILES string of the molecule is CCOC1=CC(c2ccc(NC(=O)Nc3ccc(OC4(C)CCC4)c(C(F)(F)F)c3)c(F)c2)=CCC1=O. The molecule has 0 aliphatic heterocycles. The smallest absolute Gasteiger partial charge is 0.420 e. The molecule has 2 aliphatic rings. The van der Waals surface area contributed by atoms with Crippen LogP contribution in [-0.4, -0.2) is 24.0 Å². The summed E-state index contributed by atoms with van der Waals surface area (Å²) in [6, 6.07) is 6.40. The van der Waals surface area contributed by atoms with Crippen LogP contribution in [0.4, 0.5) is 33.7 Å². The fourth-order valence-electron chi connectivity index (χ4n) is 4.10. The molecule has 0 aromatic heterocycles. The van der Waals surface area contributed by atoms with E-state index in [1.165, 1.54) is 30.3 Å². The molecule has 2 aromatic carbocycles. The third-order valence-electron chi connectivity index (χ3n) is 6.23. The van der Waals surface area contributed by atoms with Gasteiger partial charge in [0.05, 0.1) is 17.9 Å². The average Bonchev–Trinajstić information content (AvgIpc) is 2.81. The van der Waals surface area contributed by atoms with E-state index in [0.29, 0.717) is 30.6 Å². The standard InChI is InChI=1S/C27H26F4N2O4/c1-3-36-24-14-17(6-9-22(24)34)16-5-8-21(20(28)13-16)33-25(35)32-18-7-10-23(19(15-18)27(29,30)31)37-26(2)11-4-12-26/h5-8,10,13-15H,3-4,9,11-12H2,1-2H3,(H2,32,33,35). The molecule has 1 saturated carbocycles. The van der Waals surface area contributed by atoms with Crippen LogP contribution in [0, 0.1) is 5.82 Å². The predicted octanol–water partition coefficient (Wildman–Crippen LogP) is 7.09. The van der Waals surface area contributed by atoms with E-state index in [9.17, 15) is 27.2 Å². The summed E-state index contributed by atoms with van der Waals surface area (Å²) in [5.41, 5.74) is -0.878. The van der Waals surface area contributed by atoms with Crippen molar-refractivity contribution < 1.29 is 36.6 Å². The number of urea groups is 1. The van der Waals surface area contributed by atoms with Crippen molar-refractivity contribution in [3.63, 3.8) is 0 Å². The molecule has 2 amide bonds. The number of anilines is 2. The highest BCUT2D eigenvalue weighted by Gasteiger charge is 2.39. The Balaban J connectivity index is 1.46. The first-order chi connectivity index (χ1) is 17.5. The third kappa shape index (κ3) is 6.12. The molecule has 0 unspecified atom stereocenters. The fourth-order valence-corrected chi connectivity index (χ4v) is 4.10. The highest BCUT2D eigenvalue weighted by molar-refractivity contribution is 6.02. The molecule has 4 rings (SSSR count). The van der Waals surface area contributed by atoms with E-state index in [4.69, 9.17) is 9.47 Å². The topological polar surface area (TPSA) is 76.7 Å². The number of halogens is 4. The Morgan fingerprint density at radius 3 is 2.49 bits per heavy atom. The zero-order chi connectivity index (χ0) is 26.8. The molecule has 1 fully saturated rings. The van der Waals surface area contributed by atoms with Crippen molar-refractivity contribution in [2.45, 2.75) is 51.3 Å². The number of rotatable bonds is 7. The minimum Gasteiger partial charge on any atom is -0.490 e. The lowest BCUT2D eigenvalue weighted by atomic mass is 9.82. The second kappa shape index (κ2) is 10.3. The molecule has 37 heavy (non-hydrogen) atoms. The molecule has 0 heterocycles. The number of hydrogen-bond donors (Lipinski definition) is 2. The Morgan fingerprint density at radius 2 is 1.86 bits per heavy atom. The van der Waals surface area contributed by atoms with Gasteiger partial charge in [-0.15, -0.1) is 0 Å². The number of Topliss-reactive ketones (excluding diaryl/α,β-unsaturated/α-hetero) is 1. The second-order valence-corrected chi connectivity index (χ2v) is 9.12. The maximum Gasteiger partial charge on any atom is 0.420 e. The molecule has 196 valence electrons. The van der Waals surface area contributed by atoms with Crippen LogP contribution in [0.2, 0.25) is 0 Å². The highest BCUT2D eigenvalue weighted by Crippen LogP contribution is 2.43. The number of amides is 2. The number of nitrogens with one attached hydrogen (secondary N) is 2. The summed E-state index contributed by atoms with van der Waals surface area (Å²) in [5, 5.41) is 4.61. The monoisotopic (exact) mass is 518 g/mol. The summed E-state index contributed by atoms with van der Waals surface area (Å²) in [6.07, 6.45) is 0.816. The summed E-state index contributed by atoms with van der Waals surface area (Å²) in [5.74, 6) is -1.04. The quantitative estimate of drug-likeness (QED) is 0.384. The average molecular weight is 519 g/mol. The van der Waals surface area contributed by atoms with Crippen LogP contribution in [0.15, 0.2) is 54.3 Å². The summed E-state index contributed by atoms with van der Waals surface area (Å²) in [4.78, 5) is 24.3. The van der Waals surface area contributed by atoms with Crippen molar-refractivity contribution in [1.82, 2.24) is 0 Å². The van der Waals surface area contributed by atoms with Crippen molar-refractivity contribution in [3.05, 3.63) is 71.3 Å². The van der Waals surface area contributed by atoms with Gasteiger partial charge in [0, 0.05) is 12.1 Å². The van der Waals surface area contributed by atoms with Crippen LogP contribution in [0.25, 0.3) is 5.57 Å². The van der Waals surface area contributed by atoms with Crippen molar-refractivity contribution in [1.29, 1.82) is 0 Å². The van der Waals surface area contributed by atoms with E-state index in [-0.39, 0.29) is 35.1 Å². The lowest BCUT2D eigenvalue weighted by molar-refractivity contribution is -0.140. The largest absolute Gasteiger partial charge is 0.490 e. The van der Waals surface area contributed by atoms with E-state index in [1.807, 2.05) is 0 Å². The van der Waals surface area contributed by atoms with Gasteiger partial charge in [0.25, 0.3) is 0 Å². The molecule has 0 atom stereocenters. The first kappa shape index (κ1) is 26.2. The summed E-state index contributed by atoms with van der Waals surface area (Å²) in [6.45, 7) is 3.82. The Labute approximate surface area is 211 Å². The van der Waals surface area contributed by atoms with Gasteiger partial charge in [-0.1, -0.05) is 12.1 Å². The molecule has 0 bridgehead atoms. The second-order valence-electron chi connectivity index (χ2n) is 9.12. The van der Waals surface area contributed by atoms with Gasteiger partial charge in [-0.3, -0.25) is 4.79 Å². The molecule has 10 heteroatoms. The first-order valence-electron chi connectivity index (χ1n) is 11.8. The van der Waals surface area contributed by atoms with Gasteiger partial charge in [0.15, 0.2) is 5.76 Å². The lowest BCUT2D eigenvalue weighted by Crippen LogP contribution is -2.40. The lowest BCUT2D eigenvalue weighted by Gasteiger charge is -2.39. The summed E-state index contributed by atoms with van der Waals surface area (Å²) >= 11 is 0. The normalized spacial score (nSPS) is 16.8. The van der Waals surface area contributed by atoms with E-state index < -0.39 is 29.2 Å². The third-order valence-corrected chi connectivity index (χ3v) is 6.23. The minimum absolute atomic E-state index is 0.119. The molecule has 0 radical (unpaired) electrons. The Hall–Kier alpha value is -3.82. The molecule has 2 aliphatic carbocycles. The van der Waals surface area contributed by atoms with Gasteiger partial charge >= 0.3 is 12.2 Å². The summed E-state index contributed by atoms with van der Waals surface area (Å²) < 4.78 is 66.6. The van der Waals surface area contributed by atoms with Gasteiger partial charge < -0.3 is 20.1 Å². The number of ether oxygens (including phenoxy) is 2. The number of ketones is 1. The minimum atomic E-state index is -4.69.